The fraction of sp³-hybridized carbons (Fsp3) is 0.333. The lowest BCUT2D eigenvalue weighted by Gasteiger charge is -2.19. The Kier molecular flexibility index (Phi) is 4.12. The molecule has 1 amide bonds. The Balaban J connectivity index is 2.20. The van der Waals surface area contributed by atoms with E-state index < -0.39 is 0 Å². The van der Waals surface area contributed by atoms with E-state index in [0.717, 1.165) is 16.3 Å². The van der Waals surface area contributed by atoms with Gasteiger partial charge in [-0.2, -0.15) is 0 Å². The quantitative estimate of drug-likeness (QED) is 0.858. The molecule has 1 unspecified atom stereocenters. The molecule has 1 aromatic carbocycles. The number of hydrogen-bond donors (Lipinski definition) is 2. The summed E-state index contributed by atoms with van der Waals surface area (Å²) in [6, 6.07) is 7.75. The molecule has 100 valence electrons. The van der Waals surface area contributed by atoms with E-state index in [-0.39, 0.29) is 17.9 Å². The van der Waals surface area contributed by atoms with Gasteiger partial charge in [0.1, 0.15) is 0 Å². The third-order valence-corrected chi connectivity index (χ3v) is 3.24. The van der Waals surface area contributed by atoms with Crippen LogP contribution in [0.3, 0.4) is 0 Å². The molecule has 0 bridgehead atoms. The van der Waals surface area contributed by atoms with Crippen molar-refractivity contribution in [2.45, 2.75) is 26.4 Å². The molecule has 0 saturated heterocycles. The van der Waals surface area contributed by atoms with Crippen LogP contribution >= 0.6 is 0 Å². The van der Waals surface area contributed by atoms with Crippen molar-refractivity contribution in [3.05, 3.63) is 42.2 Å². The molecular weight excluding hydrogens is 238 g/mol. The molecule has 1 heterocycles. The molecule has 1 atom stereocenters. The third kappa shape index (κ3) is 3.09. The highest BCUT2D eigenvalue weighted by Crippen LogP contribution is 2.17. The first-order valence-corrected chi connectivity index (χ1v) is 6.44. The predicted molar refractivity (Wildman–Crippen MR) is 76.4 cm³/mol. The predicted octanol–water partition coefficient (Wildman–Crippen LogP) is 1.83. The highest BCUT2D eigenvalue weighted by atomic mass is 16.1. The van der Waals surface area contributed by atoms with E-state index in [1.54, 1.807) is 0 Å². The number of aromatic nitrogens is 1. The first kappa shape index (κ1) is 13.5. The second-order valence-corrected chi connectivity index (χ2v) is 5.02. The van der Waals surface area contributed by atoms with Gasteiger partial charge in [0, 0.05) is 24.3 Å². The summed E-state index contributed by atoms with van der Waals surface area (Å²) < 4.78 is 0. The lowest BCUT2D eigenvalue weighted by atomic mass is 10.0. The largest absolute Gasteiger partial charge is 0.368 e. The number of rotatable bonds is 5. The van der Waals surface area contributed by atoms with Crippen LogP contribution in [0.1, 0.15) is 19.4 Å². The van der Waals surface area contributed by atoms with Crippen LogP contribution in [0.2, 0.25) is 0 Å². The van der Waals surface area contributed by atoms with Crippen LogP contribution in [0.5, 0.6) is 0 Å². The lowest BCUT2D eigenvalue weighted by Crippen LogP contribution is -2.44. The van der Waals surface area contributed by atoms with Gasteiger partial charge in [0.2, 0.25) is 5.91 Å². The highest BCUT2D eigenvalue weighted by Gasteiger charge is 2.18. The highest BCUT2D eigenvalue weighted by molar-refractivity contribution is 5.84. The molecule has 0 aliphatic carbocycles. The molecule has 2 rings (SSSR count). The minimum absolute atomic E-state index is 0.167. The van der Waals surface area contributed by atoms with E-state index in [0.29, 0.717) is 6.54 Å². The van der Waals surface area contributed by atoms with Crippen LogP contribution in [0, 0.1) is 5.92 Å². The van der Waals surface area contributed by atoms with E-state index >= 15 is 0 Å². The molecule has 0 radical (unpaired) electrons. The minimum atomic E-state index is -0.320. The maximum atomic E-state index is 11.4. The van der Waals surface area contributed by atoms with Crippen molar-refractivity contribution in [3.8, 4) is 0 Å². The van der Waals surface area contributed by atoms with Gasteiger partial charge < -0.3 is 11.1 Å². The smallest absolute Gasteiger partial charge is 0.234 e. The normalized spacial score (nSPS) is 12.8. The molecule has 0 aliphatic rings. The number of hydrogen-bond acceptors (Lipinski definition) is 3. The lowest BCUT2D eigenvalue weighted by molar-refractivity contribution is -0.121. The maximum Gasteiger partial charge on any atom is 0.234 e. The van der Waals surface area contributed by atoms with Crippen molar-refractivity contribution >= 4 is 16.7 Å². The number of nitrogens with two attached hydrogens (primary N) is 1. The zero-order valence-corrected chi connectivity index (χ0v) is 11.3. The monoisotopic (exact) mass is 257 g/mol. The van der Waals surface area contributed by atoms with Gasteiger partial charge in [0.25, 0.3) is 0 Å². The Morgan fingerprint density at radius 1 is 1.32 bits per heavy atom. The third-order valence-electron chi connectivity index (χ3n) is 3.24. The van der Waals surface area contributed by atoms with Gasteiger partial charge in [0.05, 0.1) is 6.04 Å². The molecule has 0 aliphatic heterocycles. The molecule has 4 heteroatoms. The van der Waals surface area contributed by atoms with Crippen LogP contribution in [0.15, 0.2) is 36.7 Å². The molecule has 3 N–H and O–H groups in total. The van der Waals surface area contributed by atoms with E-state index in [9.17, 15) is 4.79 Å². The van der Waals surface area contributed by atoms with Crippen LogP contribution in [0.25, 0.3) is 10.8 Å². The minimum Gasteiger partial charge on any atom is -0.368 e. The summed E-state index contributed by atoms with van der Waals surface area (Å²) in [6.07, 6.45) is 3.67. The van der Waals surface area contributed by atoms with Gasteiger partial charge in [-0.1, -0.05) is 38.1 Å². The average Bonchev–Trinajstić information content (AvgIpc) is 2.38. The summed E-state index contributed by atoms with van der Waals surface area (Å²) in [5.41, 5.74) is 6.47. The Bertz CT molecular complexity index is 575. The molecule has 0 saturated carbocycles. The second-order valence-electron chi connectivity index (χ2n) is 5.02. The number of primary amides is 1. The van der Waals surface area contributed by atoms with Gasteiger partial charge in [0.15, 0.2) is 0 Å². The van der Waals surface area contributed by atoms with Crippen molar-refractivity contribution in [2.24, 2.45) is 11.7 Å². The summed E-state index contributed by atoms with van der Waals surface area (Å²) in [5, 5.41) is 5.46. The SMILES string of the molecule is CC(C)C(NCc1cncc2ccccc12)C(N)=O. The zero-order chi connectivity index (χ0) is 13.8. The van der Waals surface area contributed by atoms with Crippen molar-refractivity contribution < 1.29 is 4.79 Å². The fourth-order valence-electron chi connectivity index (χ4n) is 2.20. The summed E-state index contributed by atoms with van der Waals surface area (Å²) >= 11 is 0. The first-order chi connectivity index (χ1) is 9.09. The summed E-state index contributed by atoms with van der Waals surface area (Å²) in [5.74, 6) is -0.149. The molecule has 2 aromatic rings. The number of pyridine rings is 1. The van der Waals surface area contributed by atoms with Gasteiger partial charge in [-0.25, -0.2) is 0 Å². The standard InChI is InChI=1S/C15H19N3O/c1-10(2)14(15(16)19)18-9-12-8-17-7-11-5-3-4-6-13(11)12/h3-8,10,14,18H,9H2,1-2H3,(H2,16,19). The van der Waals surface area contributed by atoms with Crippen molar-refractivity contribution in [3.63, 3.8) is 0 Å². The average molecular weight is 257 g/mol. The van der Waals surface area contributed by atoms with Gasteiger partial charge >= 0.3 is 0 Å². The molecule has 19 heavy (non-hydrogen) atoms. The maximum absolute atomic E-state index is 11.4. The number of nitrogens with one attached hydrogen (secondary N) is 1. The molecule has 0 spiro atoms. The van der Waals surface area contributed by atoms with Crippen LogP contribution in [-0.4, -0.2) is 16.9 Å². The zero-order valence-electron chi connectivity index (χ0n) is 11.3. The Labute approximate surface area is 113 Å². The molecule has 0 fully saturated rings. The first-order valence-electron chi connectivity index (χ1n) is 6.44. The molecule has 1 aromatic heterocycles. The number of benzene rings is 1. The number of nitrogens with zero attached hydrogens (tertiary/aromatic N) is 1. The number of carbonyl (C=O) groups is 1. The fourth-order valence-corrected chi connectivity index (χ4v) is 2.20. The number of amides is 1. The topological polar surface area (TPSA) is 68.0 Å². The summed E-state index contributed by atoms with van der Waals surface area (Å²) in [6.45, 7) is 4.54. The summed E-state index contributed by atoms with van der Waals surface area (Å²) in [4.78, 5) is 15.6. The van der Waals surface area contributed by atoms with Crippen molar-refractivity contribution in [1.29, 1.82) is 0 Å². The Morgan fingerprint density at radius 3 is 2.74 bits per heavy atom. The van der Waals surface area contributed by atoms with Crippen LogP contribution in [-0.2, 0) is 11.3 Å². The van der Waals surface area contributed by atoms with E-state index in [1.807, 2.05) is 44.4 Å². The van der Waals surface area contributed by atoms with Crippen LogP contribution in [0.4, 0.5) is 0 Å². The summed E-state index contributed by atoms with van der Waals surface area (Å²) in [7, 11) is 0. The number of carbonyl (C=O) groups excluding carboxylic acids is 1. The molecule has 4 nitrogen and oxygen atoms in total. The Morgan fingerprint density at radius 2 is 2.05 bits per heavy atom. The van der Waals surface area contributed by atoms with Crippen LogP contribution < -0.4 is 11.1 Å². The van der Waals surface area contributed by atoms with E-state index in [2.05, 4.69) is 16.4 Å². The van der Waals surface area contributed by atoms with Gasteiger partial charge in [-0.05, 0) is 16.9 Å². The van der Waals surface area contributed by atoms with E-state index in [4.69, 9.17) is 5.73 Å². The van der Waals surface area contributed by atoms with E-state index in [1.165, 1.54) is 0 Å². The molecular formula is C15H19N3O. The van der Waals surface area contributed by atoms with Crippen molar-refractivity contribution in [1.82, 2.24) is 10.3 Å². The van der Waals surface area contributed by atoms with Gasteiger partial charge in [-0.3, -0.25) is 9.78 Å². The second kappa shape index (κ2) is 5.80. The van der Waals surface area contributed by atoms with Gasteiger partial charge in [-0.15, -0.1) is 0 Å². The Hall–Kier alpha value is -1.94. The number of fused-ring (bicyclic) bond motifs is 1. The van der Waals surface area contributed by atoms with Crippen molar-refractivity contribution in [2.75, 3.05) is 0 Å².